The molecule has 1 N–H and O–H groups in total. The van der Waals surface area contributed by atoms with E-state index in [1.165, 1.54) is 53.6 Å². The summed E-state index contributed by atoms with van der Waals surface area (Å²) in [6, 6.07) is 5.07. The van der Waals surface area contributed by atoms with Crippen LogP contribution in [-0.4, -0.2) is 6.54 Å². The van der Waals surface area contributed by atoms with Gasteiger partial charge in [-0.1, -0.05) is 32.6 Å². The molecule has 1 saturated carbocycles. The lowest BCUT2D eigenvalue weighted by molar-refractivity contribution is 0.330. The standard InChI is InChI=1S/C15H24BrNS/c1-2-11-17-15(13-9-10-14(16)18-13)12-7-5-3-4-6-8-12/h9-10,12,15,17H,2-8,11H2,1H3. The third-order valence-electron chi connectivity index (χ3n) is 3.89. The Labute approximate surface area is 123 Å². The van der Waals surface area contributed by atoms with Crippen molar-refractivity contribution in [2.45, 2.75) is 57.9 Å². The van der Waals surface area contributed by atoms with Gasteiger partial charge in [-0.05, 0) is 59.8 Å². The molecule has 1 nitrogen and oxygen atoms in total. The summed E-state index contributed by atoms with van der Waals surface area (Å²) in [7, 11) is 0. The van der Waals surface area contributed by atoms with Crippen LogP contribution in [0.4, 0.5) is 0 Å². The van der Waals surface area contributed by atoms with Crippen molar-refractivity contribution >= 4 is 27.3 Å². The van der Waals surface area contributed by atoms with E-state index >= 15 is 0 Å². The van der Waals surface area contributed by atoms with Gasteiger partial charge in [0.15, 0.2) is 0 Å². The fourth-order valence-electron chi connectivity index (χ4n) is 2.94. The number of thiophene rings is 1. The molecule has 18 heavy (non-hydrogen) atoms. The van der Waals surface area contributed by atoms with Gasteiger partial charge in [-0.2, -0.15) is 0 Å². The smallest absolute Gasteiger partial charge is 0.0701 e. The topological polar surface area (TPSA) is 12.0 Å². The molecule has 102 valence electrons. The Balaban J connectivity index is 2.07. The Kier molecular flexibility index (Phi) is 6.19. The maximum absolute atomic E-state index is 3.79. The predicted molar refractivity (Wildman–Crippen MR) is 84.2 cm³/mol. The summed E-state index contributed by atoms with van der Waals surface area (Å²) in [4.78, 5) is 1.52. The largest absolute Gasteiger partial charge is 0.309 e. The zero-order valence-corrected chi connectivity index (χ0v) is 13.7. The minimum absolute atomic E-state index is 0.583. The average Bonchev–Trinajstić information content (AvgIpc) is 2.65. The number of halogens is 1. The van der Waals surface area contributed by atoms with Crippen LogP contribution in [-0.2, 0) is 0 Å². The number of hydrogen-bond donors (Lipinski definition) is 1. The molecule has 0 radical (unpaired) electrons. The lowest BCUT2D eigenvalue weighted by atomic mass is 9.90. The Bertz CT molecular complexity index is 342. The highest BCUT2D eigenvalue weighted by Gasteiger charge is 2.24. The van der Waals surface area contributed by atoms with Gasteiger partial charge >= 0.3 is 0 Å². The van der Waals surface area contributed by atoms with Crippen molar-refractivity contribution in [1.82, 2.24) is 5.32 Å². The van der Waals surface area contributed by atoms with Crippen molar-refractivity contribution < 1.29 is 0 Å². The molecular formula is C15H24BrNS. The highest BCUT2D eigenvalue weighted by Crippen LogP contribution is 2.37. The third-order valence-corrected chi connectivity index (χ3v) is 5.59. The quantitative estimate of drug-likeness (QED) is 0.701. The van der Waals surface area contributed by atoms with Crippen molar-refractivity contribution in [3.05, 3.63) is 20.8 Å². The summed E-state index contributed by atoms with van der Waals surface area (Å²) in [5, 5.41) is 3.79. The average molecular weight is 330 g/mol. The van der Waals surface area contributed by atoms with E-state index in [9.17, 15) is 0 Å². The summed E-state index contributed by atoms with van der Waals surface area (Å²) in [6.45, 7) is 3.39. The predicted octanol–water partition coefficient (Wildman–Crippen LogP) is 5.52. The second-order valence-electron chi connectivity index (χ2n) is 5.33. The maximum atomic E-state index is 3.79. The number of hydrogen-bond acceptors (Lipinski definition) is 2. The Hall–Kier alpha value is 0.140. The van der Waals surface area contributed by atoms with Gasteiger partial charge in [0.25, 0.3) is 0 Å². The van der Waals surface area contributed by atoms with Gasteiger partial charge in [-0.3, -0.25) is 0 Å². The summed E-state index contributed by atoms with van der Waals surface area (Å²) in [5.74, 6) is 0.838. The minimum Gasteiger partial charge on any atom is -0.309 e. The van der Waals surface area contributed by atoms with Crippen molar-refractivity contribution in [1.29, 1.82) is 0 Å². The zero-order chi connectivity index (χ0) is 12.8. The summed E-state index contributed by atoms with van der Waals surface area (Å²) in [6.07, 6.45) is 9.73. The maximum Gasteiger partial charge on any atom is 0.0701 e. The molecule has 1 aliphatic carbocycles. The normalized spacial score (nSPS) is 19.7. The molecule has 2 rings (SSSR count). The Morgan fingerprint density at radius 3 is 2.56 bits per heavy atom. The van der Waals surface area contributed by atoms with Crippen LogP contribution >= 0.6 is 27.3 Å². The molecule has 0 amide bonds. The van der Waals surface area contributed by atoms with E-state index in [2.05, 4.69) is 40.3 Å². The fraction of sp³-hybridized carbons (Fsp3) is 0.733. The first-order valence-corrected chi connectivity index (χ1v) is 8.91. The van der Waals surface area contributed by atoms with Crippen molar-refractivity contribution in [3.63, 3.8) is 0 Å². The van der Waals surface area contributed by atoms with Crippen LogP contribution < -0.4 is 5.32 Å². The van der Waals surface area contributed by atoms with Crippen LogP contribution in [0.1, 0.15) is 62.8 Å². The molecule has 0 aliphatic heterocycles. The third kappa shape index (κ3) is 4.07. The van der Waals surface area contributed by atoms with E-state index in [0.29, 0.717) is 6.04 Å². The molecule has 1 fully saturated rings. The molecule has 1 aliphatic rings. The molecule has 1 aromatic rings. The molecule has 3 heteroatoms. The molecule has 0 aromatic carbocycles. The highest BCUT2D eigenvalue weighted by atomic mass is 79.9. The van der Waals surface area contributed by atoms with E-state index in [1.807, 2.05) is 11.3 Å². The minimum atomic E-state index is 0.583. The lowest BCUT2D eigenvalue weighted by Gasteiger charge is -2.26. The second kappa shape index (κ2) is 7.66. The van der Waals surface area contributed by atoms with Gasteiger partial charge in [0.05, 0.1) is 3.79 Å². The fourth-order valence-corrected chi connectivity index (χ4v) is 4.53. The Morgan fingerprint density at radius 2 is 2.00 bits per heavy atom. The van der Waals surface area contributed by atoms with Crippen LogP contribution in [0.25, 0.3) is 0 Å². The molecule has 1 heterocycles. The SMILES string of the molecule is CCCNC(c1ccc(Br)s1)C1CCCCCC1. The first-order chi connectivity index (χ1) is 8.81. The van der Waals surface area contributed by atoms with E-state index in [0.717, 1.165) is 12.5 Å². The number of nitrogens with one attached hydrogen (secondary N) is 1. The highest BCUT2D eigenvalue weighted by molar-refractivity contribution is 9.11. The Morgan fingerprint density at radius 1 is 1.28 bits per heavy atom. The van der Waals surface area contributed by atoms with Crippen LogP contribution in [0.2, 0.25) is 0 Å². The van der Waals surface area contributed by atoms with Crippen LogP contribution in [0.5, 0.6) is 0 Å². The van der Waals surface area contributed by atoms with Gasteiger partial charge in [0.2, 0.25) is 0 Å². The van der Waals surface area contributed by atoms with Crippen LogP contribution in [0, 0.1) is 5.92 Å². The molecule has 1 atom stereocenters. The zero-order valence-electron chi connectivity index (χ0n) is 11.3. The van der Waals surface area contributed by atoms with Gasteiger partial charge in [-0.25, -0.2) is 0 Å². The van der Waals surface area contributed by atoms with E-state index in [-0.39, 0.29) is 0 Å². The lowest BCUT2D eigenvalue weighted by Crippen LogP contribution is -2.28. The molecular weight excluding hydrogens is 306 g/mol. The first-order valence-electron chi connectivity index (χ1n) is 7.30. The monoisotopic (exact) mass is 329 g/mol. The van der Waals surface area contributed by atoms with Crippen molar-refractivity contribution in [3.8, 4) is 0 Å². The van der Waals surface area contributed by atoms with Crippen LogP contribution in [0.15, 0.2) is 15.9 Å². The van der Waals surface area contributed by atoms with E-state index in [4.69, 9.17) is 0 Å². The van der Waals surface area contributed by atoms with Gasteiger partial charge < -0.3 is 5.32 Å². The first kappa shape index (κ1) is 14.5. The molecule has 0 spiro atoms. The molecule has 1 unspecified atom stereocenters. The van der Waals surface area contributed by atoms with Crippen molar-refractivity contribution in [2.75, 3.05) is 6.54 Å². The van der Waals surface area contributed by atoms with Gasteiger partial charge in [-0.15, -0.1) is 11.3 Å². The van der Waals surface area contributed by atoms with E-state index < -0.39 is 0 Å². The summed E-state index contributed by atoms with van der Waals surface area (Å²) < 4.78 is 1.26. The van der Waals surface area contributed by atoms with Gasteiger partial charge in [0, 0.05) is 10.9 Å². The summed E-state index contributed by atoms with van der Waals surface area (Å²) >= 11 is 5.50. The van der Waals surface area contributed by atoms with Crippen LogP contribution in [0.3, 0.4) is 0 Å². The van der Waals surface area contributed by atoms with E-state index in [1.54, 1.807) is 0 Å². The second-order valence-corrected chi connectivity index (χ2v) is 7.82. The molecule has 1 aromatic heterocycles. The molecule has 0 saturated heterocycles. The number of rotatable bonds is 5. The molecule has 0 bridgehead atoms. The van der Waals surface area contributed by atoms with Gasteiger partial charge in [0.1, 0.15) is 0 Å². The summed E-state index contributed by atoms with van der Waals surface area (Å²) in [5.41, 5.74) is 0. The van der Waals surface area contributed by atoms with Crippen molar-refractivity contribution in [2.24, 2.45) is 5.92 Å².